The molecule has 0 amide bonds. The standard InChI is InChI=1S/C34H23NO2Si/c1-22-20-29(36)26-21-23(18-19-30(26)37-22)35-27-12-4-8-16-33(27)38(34-17-9-5-13-28(34)35)31-14-6-2-10-24(31)25-11-3-7-15-32(25)38/h2-21H,1H3. The summed E-state index contributed by atoms with van der Waals surface area (Å²) in [6, 6.07) is 43.1. The molecular weight excluding hydrogens is 482 g/mol. The van der Waals surface area contributed by atoms with Crippen LogP contribution in [0.1, 0.15) is 5.76 Å². The molecule has 0 saturated carbocycles. The number of aryl methyl sites for hydroxylation is 1. The van der Waals surface area contributed by atoms with Crippen LogP contribution in [0.25, 0.3) is 22.1 Å². The Kier molecular flexibility index (Phi) is 4.32. The zero-order valence-corrected chi connectivity index (χ0v) is 21.8. The molecule has 8 rings (SSSR count). The van der Waals surface area contributed by atoms with Gasteiger partial charge in [-0.1, -0.05) is 84.9 Å². The number of benzene rings is 5. The molecular formula is C34H23NO2Si. The largest absolute Gasteiger partial charge is 0.461 e. The molecule has 6 aromatic rings. The Bertz CT molecular complexity index is 1890. The highest BCUT2D eigenvalue weighted by Crippen LogP contribution is 2.41. The third-order valence-corrected chi connectivity index (χ3v) is 13.1. The van der Waals surface area contributed by atoms with Crippen molar-refractivity contribution in [2.75, 3.05) is 4.90 Å². The highest BCUT2D eigenvalue weighted by Gasteiger charge is 2.53. The lowest BCUT2D eigenvalue weighted by atomic mass is 10.1. The van der Waals surface area contributed by atoms with E-state index in [1.807, 2.05) is 19.1 Å². The molecule has 0 atom stereocenters. The molecule has 1 aromatic heterocycles. The van der Waals surface area contributed by atoms with Crippen LogP contribution in [-0.2, 0) is 0 Å². The maximum Gasteiger partial charge on any atom is 0.193 e. The van der Waals surface area contributed by atoms with E-state index in [0.29, 0.717) is 16.7 Å². The second kappa shape index (κ2) is 7.67. The van der Waals surface area contributed by atoms with Crippen LogP contribution in [0.3, 0.4) is 0 Å². The molecule has 2 aliphatic rings. The summed E-state index contributed by atoms with van der Waals surface area (Å²) in [7, 11) is -2.57. The van der Waals surface area contributed by atoms with Gasteiger partial charge in [0.1, 0.15) is 11.3 Å². The Morgan fingerprint density at radius 1 is 0.605 bits per heavy atom. The highest BCUT2D eigenvalue weighted by molar-refractivity contribution is 7.23. The van der Waals surface area contributed by atoms with Crippen molar-refractivity contribution in [3.05, 3.63) is 137 Å². The third kappa shape index (κ3) is 2.65. The quantitative estimate of drug-likeness (QED) is 0.286. The molecule has 4 heteroatoms. The Hall–Kier alpha value is -4.67. The highest BCUT2D eigenvalue weighted by atomic mass is 28.3. The van der Waals surface area contributed by atoms with Crippen LogP contribution < -0.4 is 31.1 Å². The minimum Gasteiger partial charge on any atom is -0.461 e. The number of rotatable bonds is 1. The molecule has 0 aliphatic carbocycles. The van der Waals surface area contributed by atoms with E-state index in [1.54, 1.807) is 6.07 Å². The second-order valence-corrected chi connectivity index (χ2v) is 13.8. The Morgan fingerprint density at radius 2 is 1.13 bits per heavy atom. The van der Waals surface area contributed by atoms with Crippen molar-refractivity contribution in [1.29, 1.82) is 0 Å². The van der Waals surface area contributed by atoms with Gasteiger partial charge in [-0.25, -0.2) is 0 Å². The molecule has 0 N–H and O–H groups in total. The molecule has 0 bridgehead atoms. The van der Waals surface area contributed by atoms with Gasteiger partial charge in [-0.05, 0) is 69.1 Å². The van der Waals surface area contributed by atoms with Gasteiger partial charge in [-0.15, -0.1) is 0 Å². The lowest BCUT2D eigenvalue weighted by Gasteiger charge is -2.43. The van der Waals surface area contributed by atoms with E-state index in [2.05, 4.69) is 108 Å². The van der Waals surface area contributed by atoms with Crippen molar-refractivity contribution >= 4 is 56.9 Å². The first-order valence-electron chi connectivity index (χ1n) is 12.9. The van der Waals surface area contributed by atoms with Crippen molar-refractivity contribution < 1.29 is 4.42 Å². The number of anilines is 3. The number of fused-ring (bicyclic) bond motifs is 10. The van der Waals surface area contributed by atoms with E-state index in [1.165, 1.54) is 43.2 Å². The molecule has 1 spiro atoms. The summed E-state index contributed by atoms with van der Waals surface area (Å²) in [6.07, 6.45) is 0. The third-order valence-electron chi connectivity index (χ3n) is 8.14. The van der Waals surface area contributed by atoms with Crippen LogP contribution in [0, 0.1) is 6.92 Å². The summed E-state index contributed by atoms with van der Waals surface area (Å²) in [6.45, 7) is 1.81. The van der Waals surface area contributed by atoms with E-state index in [-0.39, 0.29) is 5.43 Å². The fourth-order valence-electron chi connectivity index (χ4n) is 6.74. The Balaban J connectivity index is 1.49. The first-order valence-corrected chi connectivity index (χ1v) is 14.9. The summed E-state index contributed by atoms with van der Waals surface area (Å²) in [5.41, 5.74) is 6.56. The van der Waals surface area contributed by atoms with E-state index in [0.717, 1.165) is 5.69 Å². The summed E-state index contributed by atoms with van der Waals surface area (Å²) < 4.78 is 5.87. The van der Waals surface area contributed by atoms with Crippen LogP contribution in [-0.4, -0.2) is 8.07 Å². The van der Waals surface area contributed by atoms with Crippen LogP contribution in [0.15, 0.2) is 131 Å². The van der Waals surface area contributed by atoms with Gasteiger partial charge >= 0.3 is 0 Å². The minimum absolute atomic E-state index is 0.0197. The molecule has 0 unspecified atom stereocenters. The molecule has 3 nitrogen and oxygen atoms in total. The molecule has 0 fully saturated rings. The van der Waals surface area contributed by atoms with Gasteiger partial charge < -0.3 is 9.32 Å². The Morgan fingerprint density at radius 3 is 1.74 bits per heavy atom. The SMILES string of the molecule is Cc1cc(=O)c2cc(N3c4ccccc4[Si]4(c5ccccc5-c5ccccc54)c4ccccc43)ccc2o1. The Labute approximate surface area is 221 Å². The first-order chi connectivity index (χ1) is 18.7. The summed E-state index contributed by atoms with van der Waals surface area (Å²) in [4.78, 5) is 15.3. The van der Waals surface area contributed by atoms with Gasteiger partial charge in [0.2, 0.25) is 0 Å². The number of nitrogens with zero attached hydrogens (tertiary/aromatic N) is 1. The topological polar surface area (TPSA) is 33.5 Å². The lowest BCUT2D eigenvalue weighted by Crippen LogP contribution is -2.75. The van der Waals surface area contributed by atoms with E-state index >= 15 is 0 Å². The van der Waals surface area contributed by atoms with Crippen molar-refractivity contribution in [2.24, 2.45) is 0 Å². The predicted octanol–water partition coefficient (Wildman–Crippen LogP) is 5.24. The van der Waals surface area contributed by atoms with E-state index < -0.39 is 8.07 Å². The van der Waals surface area contributed by atoms with E-state index in [9.17, 15) is 4.79 Å². The van der Waals surface area contributed by atoms with Gasteiger partial charge in [-0.2, -0.15) is 0 Å². The molecule has 5 aromatic carbocycles. The van der Waals surface area contributed by atoms with Crippen LogP contribution >= 0.6 is 0 Å². The number of hydrogen-bond acceptors (Lipinski definition) is 3. The average Bonchev–Trinajstić information content (AvgIpc) is 3.25. The van der Waals surface area contributed by atoms with Gasteiger partial charge in [0.05, 0.1) is 5.39 Å². The first kappa shape index (κ1) is 21.4. The fraction of sp³-hybridized carbons (Fsp3) is 0.0294. The lowest BCUT2D eigenvalue weighted by molar-refractivity contribution is 0.565. The summed E-state index contributed by atoms with van der Waals surface area (Å²) in [5, 5.41) is 6.21. The maximum absolute atomic E-state index is 12.9. The maximum atomic E-state index is 12.9. The van der Waals surface area contributed by atoms with Crippen molar-refractivity contribution in [2.45, 2.75) is 6.92 Å². The zero-order chi connectivity index (χ0) is 25.4. The van der Waals surface area contributed by atoms with Crippen LogP contribution in [0.2, 0.25) is 0 Å². The zero-order valence-electron chi connectivity index (χ0n) is 20.8. The molecule has 0 radical (unpaired) electrons. The minimum atomic E-state index is -2.57. The number of para-hydroxylation sites is 2. The average molecular weight is 506 g/mol. The van der Waals surface area contributed by atoms with Gasteiger partial charge in [0.25, 0.3) is 0 Å². The summed E-state index contributed by atoms with van der Waals surface area (Å²) in [5.74, 6) is 0.621. The van der Waals surface area contributed by atoms with Crippen molar-refractivity contribution in [1.82, 2.24) is 0 Å². The molecule has 38 heavy (non-hydrogen) atoms. The van der Waals surface area contributed by atoms with Crippen molar-refractivity contribution in [3.63, 3.8) is 0 Å². The smallest absolute Gasteiger partial charge is 0.193 e. The predicted molar refractivity (Wildman–Crippen MR) is 158 cm³/mol. The van der Waals surface area contributed by atoms with Crippen LogP contribution in [0.4, 0.5) is 17.1 Å². The summed E-state index contributed by atoms with van der Waals surface area (Å²) >= 11 is 0. The number of hydrogen-bond donors (Lipinski definition) is 0. The van der Waals surface area contributed by atoms with E-state index in [4.69, 9.17) is 4.42 Å². The van der Waals surface area contributed by atoms with Gasteiger partial charge in [0.15, 0.2) is 13.5 Å². The second-order valence-electron chi connectivity index (χ2n) is 10.1. The van der Waals surface area contributed by atoms with Gasteiger partial charge in [0, 0.05) is 23.1 Å². The molecule has 3 heterocycles. The van der Waals surface area contributed by atoms with Crippen LogP contribution in [0.5, 0.6) is 0 Å². The van der Waals surface area contributed by atoms with Crippen molar-refractivity contribution in [3.8, 4) is 11.1 Å². The normalized spacial score (nSPS) is 14.2. The van der Waals surface area contributed by atoms with Gasteiger partial charge in [-0.3, -0.25) is 4.79 Å². The monoisotopic (exact) mass is 505 g/mol. The molecule has 180 valence electrons. The fourth-order valence-corrected chi connectivity index (χ4v) is 12.3. The molecule has 2 aliphatic heterocycles. The molecule has 0 saturated heterocycles.